The Hall–Kier alpha value is -1.81. The summed E-state index contributed by atoms with van der Waals surface area (Å²) in [5, 5.41) is 14.3. The molecule has 4 nitrogen and oxygen atoms in total. The molecule has 19 heavy (non-hydrogen) atoms. The second kappa shape index (κ2) is 5.89. The molecule has 0 saturated heterocycles. The van der Waals surface area contributed by atoms with Crippen LogP contribution in [0.2, 0.25) is 0 Å². The molecule has 0 radical (unpaired) electrons. The number of aryl methyl sites for hydroxylation is 1. The first-order valence-corrected chi connectivity index (χ1v) is 6.57. The highest BCUT2D eigenvalue weighted by Crippen LogP contribution is 2.28. The minimum Gasteiger partial charge on any atom is -0.388 e. The van der Waals surface area contributed by atoms with Gasteiger partial charge in [0.1, 0.15) is 0 Å². The Balaban J connectivity index is 2.21. The van der Waals surface area contributed by atoms with Crippen molar-refractivity contribution < 1.29 is 5.11 Å². The normalized spacial score (nSPS) is 12.4. The minimum atomic E-state index is -0.410. The molecule has 1 unspecified atom stereocenters. The van der Waals surface area contributed by atoms with Crippen molar-refractivity contribution in [2.75, 3.05) is 11.9 Å². The number of rotatable bonds is 5. The Labute approximate surface area is 114 Å². The van der Waals surface area contributed by atoms with Crippen LogP contribution in [0.25, 0.3) is 0 Å². The molecule has 0 saturated carbocycles. The molecule has 1 N–H and O–H groups in total. The third-order valence-corrected chi connectivity index (χ3v) is 3.27. The van der Waals surface area contributed by atoms with E-state index < -0.39 is 6.10 Å². The van der Waals surface area contributed by atoms with E-state index in [4.69, 9.17) is 0 Å². The molecule has 0 aliphatic rings. The fraction of sp³-hybridized carbons (Fsp3) is 0.400. The van der Waals surface area contributed by atoms with Crippen molar-refractivity contribution in [2.24, 2.45) is 7.05 Å². The number of benzene rings is 1. The summed E-state index contributed by atoms with van der Waals surface area (Å²) in [6.07, 6.45) is 4.19. The summed E-state index contributed by atoms with van der Waals surface area (Å²) in [6, 6.07) is 8.00. The van der Waals surface area contributed by atoms with Crippen LogP contribution in [0.1, 0.15) is 30.6 Å². The number of aliphatic hydroxyl groups is 1. The Bertz CT molecular complexity index is 536. The van der Waals surface area contributed by atoms with E-state index in [1.165, 1.54) is 0 Å². The molecule has 1 heterocycles. The average Bonchev–Trinajstić information content (AvgIpc) is 2.83. The van der Waals surface area contributed by atoms with Gasteiger partial charge >= 0.3 is 0 Å². The number of para-hydroxylation sites is 1. The first-order valence-electron chi connectivity index (χ1n) is 6.57. The van der Waals surface area contributed by atoms with E-state index >= 15 is 0 Å². The topological polar surface area (TPSA) is 41.3 Å². The molecule has 1 atom stereocenters. The van der Waals surface area contributed by atoms with Crippen molar-refractivity contribution in [3.63, 3.8) is 0 Å². The zero-order valence-electron chi connectivity index (χ0n) is 11.7. The van der Waals surface area contributed by atoms with Gasteiger partial charge in [-0.2, -0.15) is 5.10 Å². The van der Waals surface area contributed by atoms with Gasteiger partial charge in [0.15, 0.2) is 0 Å². The third kappa shape index (κ3) is 3.15. The maximum Gasteiger partial charge on any atom is 0.0807 e. The fourth-order valence-corrected chi connectivity index (χ4v) is 2.25. The number of nitrogens with zero attached hydrogens (tertiary/aromatic N) is 3. The van der Waals surface area contributed by atoms with E-state index in [0.717, 1.165) is 29.8 Å². The van der Waals surface area contributed by atoms with Gasteiger partial charge in [-0.15, -0.1) is 0 Å². The standard InChI is InChI=1S/C15H21N3O/c1-4-15(19)13-7-5-6-8-14(13)17(2)10-12-9-16-18(3)11-12/h5-9,11,15,19H,4,10H2,1-3H3. The summed E-state index contributed by atoms with van der Waals surface area (Å²) in [4.78, 5) is 2.14. The van der Waals surface area contributed by atoms with Crippen molar-refractivity contribution >= 4 is 5.69 Å². The molecular formula is C15H21N3O. The van der Waals surface area contributed by atoms with Crippen LogP contribution in [-0.4, -0.2) is 21.9 Å². The number of aliphatic hydroxyl groups excluding tert-OH is 1. The lowest BCUT2D eigenvalue weighted by atomic mass is 10.0. The van der Waals surface area contributed by atoms with Crippen LogP contribution in [0.15, 0.2) is 36.7 Å². The molecule has 0 aliphatic carbocycles. The largest absolute Gasteiger partial charge is 0.388 e. The summed E-state index contributed by atoms with van der Waals surface area (Å²) in [7, 11) is 3.95. The highest BCUT2D eigenvalue weighted by Gasteiger charge is 2.13. The van der Waals surface area contributed by atoms with E-state index in [1.54, 1.807) is 4.68 Å². The van der Waals surface area contributed by atoms with E-state index in [2.05, 4.69) is 10.00 Å². The SMILES string of the molecule is CCC(O)c1ccccc1N(C)Cc1cnn(C)c1. The van der Waals surface area contributed by atoms with Crippen molar-refractivity contribution in [1.82, 2.24) is 9.78 Å². The monoisotopic (exact) mass is 259 g/mol. The third-order valence-electron chi connectivity index (χ3n) is 3.27. The maximum atomic E-state index is 10.1. The molecule has 4 heteroatoms. The van der Waals surface area contributed by atoms with Gasteiger partial charge in [0.05, 0.1) is 12.3 Å². The number of hydrogen-bond acceptors (Lipinski definition) is 3. The molecule has 1 aromatic carbocycles. The van der Waals surface area contributed by atoms with Crippen LogP contribution in [0.5, 0.6) is 0 Å². The summed E-state index contributed by atoms with van der Waals surface area (Å²) >= 11 is 0. The maximum absolute atomic E-state index is 10.1. The molecule has 0 bridgehead atoms. The van der Waals surface area contributed by atoms with Gasteiger partial charge in [0.2, 0.25) is 0 Å². The molecule has 2 aromatic rings. The van der Waals surface area contributed by atoms with Gasteiger partial charge in [-0.1, -0.05) is 25.1 Å². The first-order chi connectivity index (χ1) is 9.11. The second-order valence-corrected chi connectivity index (χ2v) is 4.86. The summed E-state index contributed by atoms with van der Waals surface area (Å²) < 4.78 is 1.80. The van der Waals surface area contributed by atoms with Gasteiger partial charge in [-0.25, -0.2) is 0 Å². The fourth-order valence-electron chi connectivity index (χ4n) is 2.25. The van der Waals surface area contributed by atoms with E-state index in [-0.39, 0.29) is 0 Å². The van der Waals surface area contributed by atoms with E-state index in [1.807, 2.05) is 57.7 Å². The summed E-state index contributed by atoms with van der Waals surface area (Å²) in [6.45, 7) is 2.77. The average molecular weight is 259 g/mol. The van der Waals surface area contributed by atoms with Crippen molar-refractivity contribution in [2.45, 2.75) is 26.0 Å². The zero-order chi connectivity index (χ0) is 13.8. The van der Waals surface area contributed by atoms with Gasteiger partial charge in [0.25, 0.3) is 0 Å². The summed E-state index contributed by atoms with van der Waals surface area (Å²) in [5.74, 6) is 0. The Kier molecular flexibility index (Phi) is 4.22. The molecule has 0 spiro atoms. The highest BCUT2D eigenvalue weighted by atomic mass is 16.3. The molecule has 102 valence electrons. The van der Waals surface area contributed by atoms with Crippen molar-refractivity contribution in [3.8, 4) is 0 Å². The lowest BCUT2D eigenvalue weighted by Gasteiger charge is -2.23. The van der Waals surface area contributed by atoms with Crippen LogP contribution in [0.4, 0.5) is 5.69 Å². The number of anilines is 1. The van der Waals surface area contributed by atoms with Crippen molar-refractivity contribution in [3.05, 3.63) is 47.8 Å². The van der Waals surface area contributed by atoms with Crippen LogP contribution < -0.4 is 4.90 Å². The lowest BCUT2D eigenvalue weighted by Crippen LogP contribution is -2.18. The Morgan fingerprint density at radius 3 is 2.74 bits per heavy atom. The second-order valence-electron chi connectivity index (χ2n) is 4.86. The Morgan fingerprint density at radius 1 is 1.37 bits per heavy atom. The zero-order valence-corrected chi connectivity index (χ0v) is 11.7. The van der Waals surface area contributed by atoms with Gasteiger partial charge in [-0.3, -0.25) is 4.68 Å². The number of hydrogen-bond donors (Lipinski definition) is 1. The van der Waals surface area contributed by atoms with Gasteiger partial charge in [-0.05, 0) is 12.5 Å². The van der Waals surface area contributed by atoms with Crippen LogP contribution in [0, 0.1) is 0 Å². The Morgan fingerprint density at radius 2 is 2.11 bits per heavy atom. The predicted molar refractivity (Wildman–Crippen MR) is 77.0 cm³/mol. The predicted octanol–water partition coefficient (Wildman–Crippen LogP) is 2.50. The molecule has 1 aromatic heterocycles. The number of aromatic nitrogens is 2. The van der Waals surface area contributed by atoms with Gasteiger partial charge < -0.3 is 10.0 Å². The molecular weight excluding hydrogens is 238 g/mol. The highest BCUT2D eigenvalue weighted by molar-refractivity contribution is 5.54. The molecule has 0 fully saturated rings. The quantitative estimate of drug-likeness (QED) is 0.897. The van der Waals surface area contributed by atoms with Crippen LogP contribution >= 0.6 is 0 Å². The smallest absolute Gasteiger partial charge is 0.0807 e. The van der Waals surface area contributed by atoms with E-state index in [0.29, 0.717) is 0 Å². The summed E-state index contributed by atoms with van der Waals surface area (Å²) in [5.41, 5.74) is 3.21. The molecule has 0 aliphatic heterocycles. The van der Waals surface area contributed by atoms with Crippen LogP contribution in [-0.2, 0) is 13.6 Å². The van der Waals surface area contributed by atoms with Crippen molar-refractivity contribution in [1.29, 1.82) is 0 Å². The minimum absolute atomic E-state index is 0.410. The molecule has 2 rings (SSSR count). The first kappa shape index (κ1) is 13.6. The van der Waals surface area contributed by atoms with E-state index in [9.17, 15) is 5.11 Å². The van der Waals surface area contributed by atoms with Crippen LogP contribution in [0.3, 0.4) is 0 Å². The molecule has 0 amide bonds. The lowest BCUT2D eigenvalue weighted by molar-refractivity contribution is 0.174. The van der Waals surface area contributed by atoms with Gasteiger partial charge in [0, 0.05) is 43.7 Å².